The van der Waals surface area contributed by atoms with E-state index in [0.29, 0.717) is 0 Å². The van der Waals surface area contributed by atoms with Gasteiger partial charge in [0.2, 0.25) is 0 Å². The Kier molecular flexibility index (Phi) is 20.1. The fourth-order valence-corrected chi connectivity index (χ4v) is 2.73. The number of nitrogens with one attached hydrogen (secondary N) is 2. The van der Waals surface area contributed by atoms with Crippen LogP contribution in [0.5, 0.6) is 0 Å². The van der Waals surface area contributed by atoms with Gasteiger partial charge in [-0.1, -0.05) is 107 Å². The first-order valence-electron chi connectivity index (χ1n) is 12.1. The molecule has 4 nitrogen and oxygen atoms in total. The van der Waals surface area contributed by atoms with Crippen molar-refractivity contribution in [2.45, 2.75) is 66.2 Å². The lowest BCUT2D eigenvalue weighted by atomic mass is 10.2. The van der Waals surface area contributed by atoms with Crippen molar-refractivity contribution < 1.29 is 0 Å². The van der Waals surface area contributed by atoms with Gasteiger partial charge >= 0.3 is 0 Å². The van der Waals surface area contributed by atoms with Crippen molar-refractivity contribution in [3.63, 3.8) is 0 Å². The van der Waals surface area contributed by atoms with E-state index in [4.69, 9.17) is 5.73 Å². The molecule has 178 valence electrons. The third-order valence-electron chi connectivity index (χ3n) is 4.55. The molecule has 0 aliphatic heterocycles. The zero-order valence-corrected chi connectivity index (χ0v) is 20.9. The van der Waals surface area contributed by atoms with Gasteiger partial charge in [-0.05, 0) is 38.5 Å². The van der Waals surface area contributed by atoms with Crippen molar-refractivity contribution in [3.8, 4) is 0 Å². The van der Waals surface area contributed by atoms with Gasteiger partial charge in [0.15, 0.2) is 0 Å². The first-order valence-corrected chi connectivity index (χ1v) is 12.1. The number of nitrogens with two attached hydrogens (primary N) is 1. The number of para-hydroxylation sites is 1. The molecule has 1 aliphatic carbocycles. The Bertz CT molecular complexity index is 776. The summed E-state index contributed by atoms with van der Waals surface area (Å²) in [5.74, 6) is 0. The molecule has 2 aromatic rings. The fourth-order valence-electron chi connectivity index (χ4n) is 2.73. The molecule has 0 fully saturated rings. The van der Waals surface area contributed by atoms with Crippen LogP contribution in [0.3, 0.4) is 0 Å². The average Bonchev–Trinajstić information content (AvgIpc) is 3.10. The van der Waals surface area contributed by atoms with E-state index in [1.54, 1.807) is 6.08 Å². The van der Waals surface area contributed by atoms with Crippen molar-refractivity contribution >= 4 is 17.0 Å². The van der Waals surface area contributed by atoms with Gasteiger partial charge in [-0.15, -0.1) is 0 Å². The lowest BCUT2D eigenvalue weighted by molar-refractivity contribution is 0.678. The maximum atomic E-state index is 5.21. The van der Waals surface area contributed by atoms with Crippen LogP contribution in [-0.2, 0) is 0 Å². The summed E-state index contributed by atoms with van der Waals surface area (Å²) in [7, 11) is 0. The van der Waals surface area contributed by atoms with Gasteiger partial charge in [0.25, 0.3) is 0 Å². The minimum absolute atomic E-state index is 0.750. The van der Waals surface area contributed by atoms with Crippen LogP contribution < -0.4 is 11.1 Å². The van der Waals surface area contributed by atoms with Gasteiger partial charge in [0.05, 0.1) is 11.2 Å². The molecule has 0 atom stereocenters. The molecule has 1 aliphatic rings. The highest BCUT2D eigenvalue weighted by atomic mass is 15.1. The van der Waals surface area contributed by atoms with E-state index in [-0.39, 0.29) is 0 Å². The number of rotatable bonds is 8. The highest BCUT2D eigenvalue weighted by Gasteiger charge is 1.98. The molecular formula is C28H46N4. The molecule has 4 N–H and O–H groups in total. The number of hydrogen-bond donors (Lipinski definition) is 3. The van der Waals surface area contributed by atoms with Crippen LogP contribution in [0, 0.1) is 0 Å². The molecule has 1 heterocycles. The lowest BCUT2D eigenvalue weighted by Crippen LogP contribution is -2.22. The molecule has 0 radical (unpaired) electrons. The Morgan fingerprint density at radius 1 is 1.06 bits per heavy atom. The maximum absolute atomic E-state index is 5.21. The number of fused-ring (bicyclic) bond motifs is 1. The van der Waals surface area contributed by atoms with Crippen LogP contribution in [-0.4, -0.2) is 29.8 Å². The second kappa shape index (κ2) is 21.8. The molecule has 3 rings (SSSR count). The molecule has 1 aromatic heterocycles. The van der Waals surface area contributed by atoms with Gasteiger partial charge in [-0.3, -0.25) is 5.10 Å². The first kappa shape index (κ1) is 29.6. The number of H-pyrrole nitrogens is 1. The third-order valence-corrected chi connectivity index (χ3v) is 4.55. The quantitative estimate of drug-likeness (QED) is 0.382. The van der Waals surface area contributed by atoms with Gasteiger partial charge < -0.3 is 11.1 Å². The summed E-state index contributed by atoms with van der Waals surface area (Å²) >= 11 is 0. The van der Waals surface area contributed by atoms with Crippen molar-refractivity contribution in [2.75, 3.05) is 19.6 Å². The topological polar surface area (TPSA) is 66.7 Å². The molecular weight excluding hydrogens is 392 g/mol. The lowest BCUT2D eigenvalue weighted by Gasteiger charge is -1.95. The third kappa shape index (κ3) is 15.4. The summed E-state index contributed by atoms with van der Waals surface area (Å²) in [5, 5.41) is 11.3. The number of aromatic amines is 1. The van der Waals surface area contributed by atoms with Crippen molar-refractivity contribution in [1.29, 1.82) is 0 Å². The molecule has 0 bridgehead atoms. The standard InChI is InChI=1S/C9H8N2.C8H10.C6H14.C5H14N2/c1-2-8-7-5-3-4-6-9(7)11-10-8;1-8-6-4-2-3-5-7-8;1-3-5-6-4-2;1-2-4-7-5-3-6/h2-6H,1H2,(H,10,11);2,4-7H,3H2,1H3;3-6H2,1-2H3;7H,2-6H2,1H3. The van der Waals surface area contributed by atoms with Crippen molar-refractivity contribution in [3.05, 3.63) is 72.5 Å². The van der Waals surface area contributed by atoms with E-state index in [1.807, 2.05) is 24.3 Å². The normalized spacial score (nSPS) is 11.7. The number of allylic oxidation sites excluding steroid dienone is 6. The molecule has 1 aromatic carbocycles. The molecule has 0 amide bonds. The molecule has 0 unspecified atom stereocenters. The Balaban J connectivity index is 0.000000414. The Labute approximate surface area is 196 Å². The number of nitrogens with zero attached hydrogens (tertiary/aromatic N) is 1. The van der Waals surface area contributed by atoms with Crippen LogP contribution in [0.1, 0.15) is 71.9 Å². The van der Waals surface area contributed by atoms with Crippen LogP contribution >= 0.6 is 0 Å². The highest BCUT2D eigenvalue weighted by molar-refractivity contribution is 5.86. The summed E-state index contributed by atoms with van der Waals surface area (Å²) in [4.78, 5) is 0. The van der Waals surface area contributed by atoms with Crippen molar-refractivity contribution in [2.24, 2.45) is 5.73 Å². The summed E-state index contributed by atoms with van der Waals surface area (Å²) in [6.45, 7) is 15.2. The highest BCUT2D eigenvalue weighted by Crippen LogP contribution is 2.15. The SMILES string of the molecule is C=Cc1n[nH]c2ccccc12.CC1=CC=CCC=C1.CCCCCC.CCCNCCN. The van der Waals surface area contributed by atoms with Crippen LogP contribution in [0.25, 0.3) is 17.0 Å². The summed E-state index contributed by atoms with van der Waals surface area (Å²) in [6.07, 6.45) is 20.2. The molecule has 0 saturated heterocycles. The summed E-state index contributed by atoms with van der Waals surface area (Å²) in [5.41, 5.74) is 8.51. The van der Waals surface area contributed by atoms with Gasteiger partial charge in [-0.25, -0.2) is 0 Å². The van der Waals surface area contributed by atoms with Crippen LogP contribution in [0.4, 0.5) is 0 Å². The number of unbranched alkanes of at least 4 members (excludes halogenated alkanes) is 3. The second-order valence-electron chi connectivity index (χ2n) is 7.58. The Hall–Kier alpha value is -2.43. The van der Waals surface area contributed by atoms with E-state index in [1.165, 1.54) is 37.7 Å². The largest absolute Gasteiger partial charge is 0.329 e. The number of hydrogen-bond acceptors (Lipinski definition) is 3. The molecule has 0 spiro atoms. The number of benzene rings is 1. The van der Waals surface area contributed by atoms with E-state index in [2.05, 4.69) is 80.2 Å². The van der Waals surface area contributed by atoms with E-state index >= 15 is 0 Å². The molecule has 4 heteroatoms. The van der Waals surface area contributed by atoms with Crippen LogP contribution in [0.2, 0.25) is 0 Å². The number of aromatic nitrogens is 2. The zero-order chi connectivity index (χ0) is 23.9. The maximum Gasteiger partial charge on any atom is 0.0921 e. The first-order chi connectivity index (χ1) is 15.6. The Morgan fingerprint density at radius 3 is 2.41 bits per heavy atom. The predicted octanol–water partition coefficient (Wildman–Crippen LogP) is 7.19. The van der Waals surface area contributed by atoms with Gasteiger partial charge in [0.1, 0.15) is 0 Å². The van der Waals surface area contributed by atoms with Crippen molar-refractivity contribution in [1.82, 2.24) is 15.5 Å². The minimum atomic E-state index is 0.750. The van der Waals surface area contributed by atoms with Crippen LogP contribution in [0.15, 0.2) is 66.8 Å². The van der Waals surface area contributed by atoms with Gasteiger partial charge in [0, 0.05) is 18.5 Å². The van der Waals surface area contributed by atoms with E-state index in [0.717, 1.165) is 42.7 Å². The molecule has 32 heavy (non-hydrogen) atoms. The summed E-state index contributed by atoms with van der Waals surface area (Å²) in [6, 6.07) is 7.99. The fraction of sp³-hybridized carbons (Fsp3) is 0.464. The van der Waals surface area contributed by atoms with Gasteiger partial charge in [-0.2, -0.15) is 5.10 Å². The zero-order valence-electron chi connectivity index (χ0n) is 20.9. The average molecular weight is 439 g/mol. The monoisotopic (exact) mass is 438 g/mol. The molecule has 0 saturated carbocycles. The second-order valence-corrected chi connectivity index (χ2v) is 7.58. The smallest absolute Gasteiger partial charge is 0.0921 e. The predicted molar refractivity (Wildman–Crippen MR) is 145 cm³/mol. The van der Waals surface area contributed by atoms with E-state index < -0.39 is 0 Å². The van der Waals surface area contributed by atoms with E-state index in [9.17, 15) is 0 Å². The minimum Gasteiger partial charge on any atom is -0.329 e. The Morgan fingerprint density at radius 2 is 1.78 bits per heavy atom. The summed E-state index contributed by atoms with van der Waals surface area (Å²) < 4.78 is 0.